The second-order valence-electron chi connectivity index (χ2n) is 8.09. The van der Waals surface area contributed by atoms with Gasteiger partial charge in [-0.3, -0.25) is 0 Å². The first-order valence-electron chi connectivity index (χ1n) is 8.07. The molecule has 0 saturated heterocycles. The maximum atomic E-state index is 10.8. The smallest absolute Gasteiger partial charge is 0.123 e. The quantitative estimate of drug-likeness (QED) is 0.862. The van der Waals surface area contributed by atoms with Crippen molar-refractivity contribution in [2.75, 3.05) is 6.54 Å². The molecule has 3 N–H and O–H groups in total. The number of hydrogen-bond donors (Lipinski definition) is 2. The molecule has 4 heteroatoms. The molecule has 0 unspecified atom stereocenters. The summed E-state index contributed by atoms with van der Waals surface area (Å²) in [5.41, 5.74) is 9.33. The Bertz CT molecular complexity index is 655. The van der Waals surface area contributed by atoms with Crippen LogP contribution >= 0.6 is 11.3 Å². The van der Waals surface area contributed by atoms with E-state index in [0.29, 0.717) is 12.3 Å². The molecular formula is C19H28N2OS. The van der Waals surface area contributed by atoms with E-state index in [1.165, 1.54) is 0 Å². The van der Waals surface area contributed by atoms with Gasteiger partial charge in [0.1, 0.15) is 5.75 Å². The predicted molar refractivity (Wildman–Crippen MR) is 99.4 cm³/mol. The van der Waals surface area contributed by atoms with E-state index in [2.05, 4.69) is 59.1 Å². The third-order valence-electron chi connectivity index (χ3n) is 3.93. The van der Waals surface area contributed by atoms with Crippen LogP contribution < -0.4 is 5.73 Å². The first kappa shape index (κ1) is 18.0. The molecule has 126 valence electrons. The van der Waals surface area contributed by atoms with Crippen LogP contribution in [0.15, 0.2) is 17.5 Å². The number of aromatic nitrogens is 1. The highest BCUT2D eigenvalue weighted by molar-refractivity contribution is 7.09. The zero-order chi connectivity index (χ0) is 17.4. The van der Waals surface area contributed by atoms with Gasteiger partial charge in [0.2, 0.25) is 0 Å². The largest absolute Gasteiger partial charge is 0.507 e. The van der Waals surface area contributed by atoms with Gasteiger partial charge in [-0.15, -0.1) is 11.3 Å². The first-order chi connectivity index (χ1) is 10.5. The molecule has 0 bridgehead atoms. The molecule has 1 heterocycles. The molecule has 3 nitrogen and oxygen atoms in total. The van der Waals surface area contributed by atoms with Crippen LogP contribution in [0.3, 0.4) is 0 Å². The number of thiazole rings is 1. The molecule has 2 rings (SSSR count). The van der Waals surface area contributed by atoms with Gasteiger partial charge in [-0.2, -0.15) is 0 Å². The number of nitrogens with two attached hydrogens (primary N) is 1. The lowest BCUT2D eigenvalue weighted by Gasteiger charge is -2.28. The fourth-order valence-corrected chi connectivity index (χ4v) is 3.43. The molecule has 0 aliphatic carbocycles. The molecule has 2 aromatic rings. The number of nitrogens with zero attached hydrogens (tertiary/aromatic N) is 1. The molecular weight excluding hydrogens is 304 g/mol. The van der Waals surface area contributed by atoms with Gasteiger partial charge in [0.05, 0.1) is 10.7 Å². The summed E-state index contributed by atoms with van der Waals surface area (Å²) in [5, 5.41) is 13.9. The Labute approximate surface area is 143 Å². The van der Waals surface area contributed by atoms with Crippen LogP contribution in [0, 0.1) is 0 Å². The van der Waals surface area contributed by atoms with Gasteiger partial charge in [0.15, 0.2) is 0 Å². The van der Waals surface area contributed by atoms with Crippen LogP contribution in [0.4, 0.5) is 0 Å². The zero-order valence-electron chi connectivity index (χ0n) is 15.0. The van der Waals surface area contributed by atoms with Gasteiger partial charge in [0, 0.05) is 28.5 Å². The topological polar surface area (TPSA) is 59.1 Å². The maximum absolute atomic E-state index is 10.8. The van der Waals surface area contributed by atoms with Crippen molar-refractivity contribution in [2.24, 2.45) is 5.73 Å². The fourth-order valence-electron chi connectivity index (χ4n) is 2.61. The molecule has 0 amide bonds. The van der Waals surface area contributed by atoms with E-state index in [-0.39, 0.29) is 10.8 Å². The van der Waals surface area contributed by atoms with Crippen LogP contribution in [0.1, 0.15) is 57.7 Å². The van der Waals surface area contributed by atoms with Gasteiger partial charge in [-0.1, -0.05) is 41.5 Å². The van der Waals surface area contributed by atoms with Crippen LogP contribution in [-0.4, -0.2) is 16.6 Å². The minimum Gasteiger partial charge on any atom is -0.507 e. The summed E-state index contributed by atoms with van der Waals surface area (Å²) >= 11 is 1.65. The van der Waals surface area contributed by atoms with Crippen LogP contribution in [0.5, 0.6) is 5.75 Å². The van der Waals surface area contributed by atoms with Crippen molar-refractivity contribution in [2.45, 2.75) is 58.8 Å². The number of aromatic hydroxyl groups is 1. The average molecular weight is 333 g/mol. The normalized spacial score (nSPS) is 12.7. The van der Waals surface area contributed by atoms with E-state index in [4.69, 9.17) is 10.7 Å². The van der Waals surface area contributed by atoms with Gasteiger partial charge in [-0.25, -0.2) is 4.98 Å². The van der Waals surface area contributed by atoms with Gasteiger partial charge < -0.3 is 10.8 Å². The van der Waals surface area contributed by atoms with E-state index in [0.717, 1.165) is 33.8 Å². The summed E-state index contributed by atoms with van der Waals surface area (Å²) in [4.78, 5) is 4.70. The fraction of sp³-hybridized carbons (Fsp3) is 0.526. The second kappa shape index (κ2) is 6.25. The molecule has 0 spiro atoms. The van der Waals surface area contributed by atoms with Crippen LogP contribution in [0.2, 0.25) is 0 Å². The lowest BCUT2D eigenvalue weighted by Crippen LogP contribution is -2.17. The van der Waals surface area contributed by atoms with Crippen molar-refractivity contribution >= 4 is 11.3 Å². The SMILES string of the molecule is CC(C)(C)c1cc(-c2csc(CCN)n2)cc(C(C)(C)C)c1O. The predicted octanol–water partition coefficient (Wildman–Crippen LogP) is 4.61. The zero-order valence-corrected chi connectivity index (χ0v) is 15.8. The number of benzene rings is 1. The monoisotopic (exact) mass is 332 g/mol. The van der Waals surface area contributed by atoms with Crippen molar-refractivity contribution in [1.82, 2.24) is 4.98 Å². The van der Waals surface area contributed by atoms with E-state index in [1.807, 2.05) is 0 Å². The minimum atomic E-state index is -0.129. The number of rotatable bonds is 3. The minimum absolute atomic E-state index is 0.129. The average Bonchev–Trinajstić information content (AvgIpc) is 2.85. The summed E-state index contributed by atoms with van der Waals surface area (Å²) in [6, 6.07) is 4.15. The highest BCUT2D eigenvalue weighted by atomic mass is 32.1. The molecule has 0 atom stereocenters. The Morgan fingerprint density at radius 1 is 1.04 bits per heavy atom. The number of phenols is 1. The lowest BCUT2D eigenvalue weighted by molar-refractivity contribution is 0.423. The van der Waals surface area contributed by atoms with E-state index >= 15 is 0 Å². The Morgan fingerprint density at radius 2 is 1.57 bits per heavy atom. The standard InChI is InChI=1S/C19H28N2OS/c1-18(2,3)13-9-12(10-14(17(13)22)19(4,5)6)15-11-23-16(21-15)7-8-20/h9-11,22H,7-8,20H2,1-6H3. The molecule has 0 aliphatic heterocycles. The summed E-state index contributed by atoms with van der Waals surface area (Å²) in [6.07, 6.45) is 0.807. The van der Waals surface area contributed by atoms with Gasteiger partial charge >= 0.3 is 0 Å². The lowest BCUT2D eigenvalue weighted by atomic mass is 9.78. The van der Waals surface area contributed by atoms with Crippen molar-refractivity contribution < 1.29 is 5.11 Å². The molecule has 0 saturated carbocycles. The highest BCUT2D eigenvalue weighted by Crippen LogP contribution is 2.42. The third-order valence-corrected chi connectivity index (χ3v) is 4.84. The molecule has 0 radical (unpaired) electrons. The van der Waals surface area contributed by atoms with Gasteiger partial charge in [0.25, 0.3) is 0 Å². The van der Waals surface area contributed by atoms with Crippen molar-refractivity contribution in [1.29, 1.82) is 0 Å². The summed E-state index contributed by atoms with van der Waals surface area (Å²) in [5.74, 6) is 0.408. The number of hydrogen-bond acceptors (Lipinski definition) is 4. The third kappa shape index (κ3) is 3.93. The Morgan fingerprint density at radius 3 is 2.00 bits per heavy atom. The summed E-state index contributed by atoms with van der Waals surface area (Å²) in [7, 11) is 0. The van der Waals surface area contributed by atoms with E-state index in [9.17, 15) is 5.11 Å². The Kier molecular flexibility index (Phi) is 4.88. The van der Waals surface area contributed by atoms with Crippen molar-refractivity contribution in [3.05, 3.63) is 33.6 Å². The Hall–Kier alpha value is -1.39. The van der Waals surface area contributed by atoms with Crippen molar-refractivity contribution in [3.8, 4) is 17.0 Å². The van der Waals surface area contributed by atoms with E-state index in [1.54, 1.807) is 11.3 Å². The Balaban J connectivity index is 2.64. The molecule has 23 heavy (non-hydrogen) atoms. The highest BCUT2D eigenvalue weighted by Gasteiger charge is 2.27. The number of phenolic OH excluding ortho intramolecular Hbond substituents is 1. The van der Waals surface area contributed by atoms with Gasteiger partial charge in [-0.05, 0) is 29.5 Å². The summed E-state index contributed by atoms with van der Waals surface area (Å²) in [6.45, 7) is 13.4. The van der Waals surface area contributed by atoms with Crippen molar-refractivity contribution in [3.63, 3.8) is 0 Å². The first-order valence-corrected chi connectivity index (χ1v) is 8.95. The van der Waals surface area contributed by atoms with Crippen LogP contribution in [-0.2, 0) is 17.3 Å². The molecule has 1 aromatic carbocycles. The summed E-state index contributed by atoms with van der Waals surface area (Å²) < 4.78 is 0. The molecule has 1 aromatic heterocycles. The molecule has 0 fully saturated rings. The second-order valence-corrected chi connectivity index (χ2v) is 9.03. The molecule has 0 aliphatic rings. The van der Waals surface area contributed by atoms with E-state index < -0.39 is 0 Å². The maximum Gasteiger partial charge on any atom is 0.123 e. The van der Waals surface area contributed by atoms with Crippen LogP contribution in [0.25, 0.3) is 11.3 Å².